The number of halogens is 1. The van der Waals surface area contributed by atoms with Gasteiger partial charge in [0.2, 0.25) is 0 Å². The standard InChI is InChI=1S/C15H24BrNS/c1-5-9-17-14(15(2,3)4)11-18-13-8-6-7-12(16)10-13/h6-8,10,14,17H,5,9,11H2,1-4H3. The average molecular weight is 330 g/mol. The minimum atomic E-state index is 0.300. The molecule has 0 fully saturated rings. The molecule has 0 saturated carbocycles. The van der Waals surface area contributed by atoms with Crippen LogP contribution in [0.2, 0.25) is 0 Å². The van der Waals surface area contributed by atoms with Gasteiger partial charge in [0.15, 0.2) is 0 Å². The van der Waals surface area contributed by atoms with Crippen molar-refractivity contribution < 1.29 is 0 Å². The van der Waals surface area contributed by atoms with Gasteiger partial charge in [-0.15, -0.1) is 11.8 Å². The first-order chi connectivity index (χ1) is 8.43. The van der Waals surface area contributed by atoms with E-state index in [1.54, 1.807) is 0 Å². The lowest BCUT2D eigenvalue weighted by atomic mass is 9.88. The van der Waals surface area contributed by atoms with Crippen LogP contribution in [0.25, 0.3) is 0 Å². The third kappa shape index (κ3) is 5.77. The Morgan fingerprint density at radius 2 is 2.06 bits per heavy atom. The third-order valence-corrected chi connectivity index (χ3v) is 4.48. The zero-order chi connectivity index (χ0) is 13.6. The summed E-state index contributed by atoms with van der Waals surface area (Å²) < 4.78 is 1.15. The van der Waals surface area contributed by atoms with Crippen LogP contribution in [0.5, 0.6) is 0 Å². The zero-order valence-electron chi connectivity index (χ0n) is 11.8. The summed E-state index contributed by atoms with van der Waals surface area (Å²) >= 11 is 5.45. The van der Waals surface area contributed by atoms with E-state index in [1.165, 1.54) is 11.3 Å². The molecule has 0 saturated heterocycles. The molecular weight excluding hydrogens is 306 g/mol. The Kier molecular flexibility index (Phi) is 6.75. The number of benzene rings is 1. The Hall–Kier alpha value is 0.01000. The Bertz CT molecular complexity index is 360. The molecule has 1 unspecified atom stereocenters. The molecule has 102 valence electrons. The first-order valence-electron chi connectivity index (χ1n) is 6.55. The number of rotatable bonds is 6. The molecular formula is C15H24BrNS. The average Bonchev–Trinajstić information content (AvgIpc) is 2.27. The minimum absolute atomic E-state index is 0.300. The summed E-state index contributed by atoms with van der Waals surface area (Å²) in [6.45, 7) is 10.2. The molecule has 0 heterocycles. The Morgan fingerprint density at radius 1 is 1.33 bits per heavy atom. The molecule has 0 radical (unpaired) electrons. The van der Waals surface area contributed by atoms with E-state index in [2.05, 4.69) is 73.2 Å². The second-order valence-corrected chi connectivity index (χ2v) is 7.65. The van der Waals surface area contributed by atoms with Gasteiger partial charge < -0.3 is 5.32 Å². The second kappa shape index (κ2) is 7.56. The molecule has 0 bridgehead atoms. The van der Waals surface area contributed by atoms with Crippen LogP contribution in [0.4, 0.5) is 0 Å². The van der Waals surface area contributed by atoms with Gasteiger partial charge >= 0.3 is 0 Å². The van der Waals surface area contributed by atoms with E-state index in [0.29, 0.717) is 11.5 Å². The van der Waals surface area contributed by atoms with Gasteiger partial charge in [0.05, 0.1) is 0 Å². The highest BCUT2D eigenvalue weighted by molar-refractivity contribution is 9.10. The summed E-state index contributed by atoms with van der Waals surface area (Å²) in [5, 5.41) is 3.66. The van der Waals surface area contributed by atoms with Gasteiger partial charge in [-0.3, -0.25) is 0 Å². The van der Waals surface area contributed by atoms with Gasteiger partial charge in [0.1, 0.15) is 0 Å². The van der Waals surface area contributed by atoms with Crippen LogP contribution < -0.4 is 5.32 Å². The molecule has 0 spiro atoms. The van der Waals surface area contributed by atoms with Crippen molar-refractivity contribution in [3.8, 4) is 0 Å². The fraction of sp³-hybridized carbons (Fsp3) is 0.600. The Labute approximate surface area is 124 Å². The van der Waals surface area contributed by atoms with E-state index >= 15 is 0 Å². The molecule has 1 aromatic carbocycles. The molecule has 1 rings (SSSR count). The van der Waals surface area contributed by atoms with Crippen molar-refractivity contribution in [3.05, 3.63) is 28.7 Å². The van der Waals surface area contributed by atoms with Gasteiger partial charge in [-0.2, -0.15) is 0 Å². The van der Waals surface area contributed by atoms with Gasteiger partial charge in [0.25, 0.3) is 0 Å². The molecule has 1 aromatic rings. The summed E-state index contributed by atoms with van der Waals surface area (Å²) in [6.07, 6.45) is 1.19. The number of nitrogens with one attached hydrogen (secondary N) is 1. The lowest BCUT2D eigenvalue weighted by Gasteiger charge is -2.31. The van der Waals surface area contributed by atoms with E-state index < -0.39 is 0 Å². The quantitative estimate of drug-likeness (QED) is 0.740. The summed E-state index contributed by atoms with van der Waals surface area (Å²) in [7, 11) is 0. The first kappa shape index (κ1) is 16.1. The van der Waals surface area contributed by atoms with Crippen molar-refractivity contribution in [2.24, 2.45) is 5.41 Å². The van der Waals surface area contributed by atoms with Crippen LogP contribution in [0.3, 0.4) is 0 Å². The van der Waals surface area contributed by atoms with Gasteiger partial charge in [0, 0.05) is 21.2 Å². The highest BCUT2D eigenvalue weighted by Crippen LogP contribution is 2.28. The summed E-state index contributed by atoms with van der Waals surface area (Å²) in [6, 6.07) is 9.07. The Balaban J connectivity index is 2.56. The molecule has 0 aliphatic rings. The van der Waals surface area contributed by atoms with Gasteiger partial charge in [-0.05, 0) is 36.6 Å². The van der Waals surface area contributed by atoms with Gasteiger partial charge in [-0.1, -0.05) is 49.7 Å². The van der Waals surface area contributed by atoms with Crippen LogP contribution in [0, 0.1) is 5.41 Å². The lowest BCUT2D eigenvalue weighted by Crippen LogP contribution is -2.42. The van der Waals surface area contributed by atoms with Crippen molar-refractivity contribution in [1.29, 1.82) is 0 Å². The highest BCUT2D eigenvalue weighted by atomic mass is 79.9. The molecule has 18 heavy (non-hydrogen) atoms. The van der Waals surface area contributed by atoms with E-state index in [9.17, 15) is 0 Å². The molecule has 3 heteroatoms. The minimum Gasteiger partial charge on any atom is -0.313 e. The van der Waals surface area contributed by atoms with Crippen molar-refractivity contribution in [2.75, 3.05) is 12.3 Å². The van der Waals surface area contributed by atoms with Gasteiger partial charge in [-0.25, -0.2) is 0 Å². The lowest BCUT2D eigenvalue weighted by molar-refractivity contribution is 0.292. The molecule has 1 N–H and O–H groups in total. The summed E-state index contributed by atoms with van der Waals surface area (Å²) in [5.41, 5.74) is 0.300. The maximum atomic E-state index is 3.66. The van der Waals surface area contributed by atoms with E-state index in [0.717, 1.165) is 16.8 Å². The van der Waals surface area contributed by atoms with E-state index in [-0.39, 0.29) is 0 Å². The second-order valence-electron chi connectivity index (χ2n) is 5.64. The Morgan fingerprint density at radius 3 is 2.61 bits per heavy atom. The molecule has 1 atom stereocenters. The molecule has 1 nitrogen and oxygen atoms in total. The monoisotopic (exact) mass is 329 g/mol. The summed E-state index contributed by atoms with van der Waals surface area (Å²) in [4.78, 5) is 1.33. The fourth-order valence-corrected chi connectivity index (χ4v) is 3.58. The molecule has 0 aliphatic heterocycles. The third-order valence-electron chi connectivity index (χ3n) is 2.90. The number of hydrogen-bond donors (Lipinski definition) is 1. The zero-order valence-corrected chi connectivity index (χ0v) is 14.2. The van der Waals surface area contributed by atoms with Crippen molar-refractivity contribution in [2.45, 2.75) is 45.1 Å². The van der Waals surface area contributed by atoms with Crippen molar-refractivity contribution in [1.82, 2.24) is 5.32 Å². The van der Waals surface area contributed by atoms with Crippen LogP contribution in [-0.2, 0) is 0 Å². The van der Waals surface area contributed by atoms with Crippen molar-refractivity contribution in [3.63, 3.8) is 0 Å². The summed E-state index contributed by atoms with van der Waals surface area (Å²) in [5.74, 6) is 1.11. The molecule has 0 amide bonds. The van der Waals surface area contributed by atoms with Crippen LogP contribution in [0.1, 0.15) is 34.1 Å². The molecule has 0 aromatic heterocycles. The van der Waals surface area contributed by atoms with Crippen molar-refractivity contribution >= 4 is 27.7 Å². The van der Waals surface area contributed by atoms with E-state index in [4.69, 9.17) is 0 Å². The van der Waals surface area contributed by atoms with Crippen LogP contribution >= 0.6 is 27.7 Å². The normalized spacial score (nSPS) is 13.6. The van der Waals surface area contributed by atoms with E-state index in [1.807, 2.05) is 11.8 Å². The van der Waals surface area contributed by atoms with Crippen LogP contribution in [0.15, 0.2) is 33.6 Å². The SMILES string of the molecule is CCCNC(CSc1cccc(Br)c1)C(C)(C)C. The maximum Gasteiger partial charge on any atom is 0.0210 e. The van der Waals surface area contributed by atoms with Crippen LogP contribution in [-0.4, -0.2) is 18.3 Å². The highest BCUT2D eigenvalue weighted by Gasteiger charge is 2.23. The maximum absolute atomic E-state index is 3.66. The largest absolute Gasteiger partial charge is 0.313 e. The smallest absolute Gasteiger partial charge is 0.0210 e. The topological polar surface area (TPSA) is 12.0 Å². The first-order valence-corrected chi connectivity index (χ1v) is 8.33. The number of hydrogen-bond acceptors (Lipinski definition) is 2. The predicted octanol–water partition coefficient (Wildman–Crippen LogP) is 4.96. The fourth-order valence-electron chi connectivity index (χ4n) is 1.67. The number of thioether (sulfide) groups is 1. The predicted molar refractivity (Wildman–Crippen MR) is 86.4 cm³/mol. The molecule has 0 aliphatic carbocycles.